The largest absolute Gasteiger partial charge is 0.383 e. The van der Waals surface area contributed by atoms with Gasteiger partial charge in [0.25, 0.3) is 11.5 Å². The Labute approximate surface area is 151 Å². The molecule has 0 unspecified atom stereocenters. The third-order valence-electron chi connectivity index (χ3n) is 3.57. The lowest BCUT2D eigenvalue weighted by atomic mass is 10.2. The summed E-state index contributed by atoms with van der Waals surface area (Å²) in [7, 11) is -1.90. The molecule has 9 heteroatoms. The number of aryl methyl sites for hydroxylation is 1. The number of anilines is 2. The minimum atomic E-state index is -3.43. The van der Waals surface area contributed by atoms with Crippen LogP contribution in [-0.4, -0.2) is 38.9 Å². The number of hydrogen-bond donors (Lipinski definition) is 2. The fraction of sp³-hybridized carbons (Fsp3) is 0.294. The van der Waals surface area contributed by atoms with Crippen molar-refractivity contribution in [3.63, 3.8) is 0 Å². The molecule has 1 heterocycles. The van der Waals surface area contributed by atoms with Crippen LogP contribution in [-0.2, 0) is 21.3 Å². The summed E-state index contributed by atoms with van der Waals surface area (Å²) in [6.45, 7) is 2.44. The number of carbonyl (C=O) groups is 1. The lowest BCUT2D eigenvalue weighted by Crippen LogP contribution is -2.23. The van der Waals surface area contributed by atoms with Gasteiger partial charge in [-0.15, -0.1) is 0 Å². The van der Waals surface area contributed by atoms with Gasteiger partial charge in [0.1, 0.15) is 0 Å². The lowest BCUT2D eigenvalue weighted by molar-refractivity contribution is 0.102. The zero-order chi connectivity index (χ0) is 19.3. The Kier molecular flexibility index (Phi) is 6.17. The molecule has 0 radical (unpaired) electrons. The van der Waals surface area contributed by atoms with Crippen molar-refractivity contribution in [2.45, 2.75) is 13.5 Å². The highest BCUT2D eigenvalue weighted by atomic mass is 32.2. The van der Waals surface area contributed by atoms with Gasteiger partial charge in [0.05, 0.1) is 24.1 Å². The van der Waals surface area contributed by atoms with Crippen molar-refractivity contribution in [3.05, 3.63) is 58.0 Å². The van der Waals surface area contributed by atoms with Crippen LogP contribution in [0, 0.1) is 6.92 Å². The lowest BCUT2D eigenvalue weighted by Gasteiger charge is -2.12. The van der Waals surface area contributed by atoms with Crippen molar-refractivity contribution in [2.75, 3.05) is 30.0 Å². The third-order valence-corrected chi connectivity index (χ3v) is 4.16. The Balaban J connectivity index is 2.22. The second-order valence-corrected chi connectivity index (χ2v) is 7.55. The maximum absolute atomic E-state index is 12.4. The van der Waals surface area contributed by atoms with E-state index in [1.54, 1.807) is 19.1 Å². The number of methoxy groups -OCH3 is 1. The highest BCUT2D eigenvalue weighted by molar-refractivity contribution is 7.92. The van der Waals surface area contributed by atoms with Crippen LogP contribution in [0.3, 0.4) is 0 Å². The molecule has 1 aromatic heterocycles. The Hall–Kier alpha value is -2.65. The zero-order valence-electron chi connectivity index (χ0n) is 14.8. The molecule has 1 amide bonds. The summed E-state index contributed by atoms with van der Waals surface area (Å²) in [4.78, 5) is 24.2. The molecule has 8 nitrogen and oxygen atoms in total. The fourth-order valence-electron chi connectivity index (χ4n) is 2.24. The number of benzene rings is 1. The van der Waals surface area contributed by atoms with Crippen LogP contribution in [0.5, 0.6) is 0 Å². The topological polar surface area (TPSA) is 106 Å². The van der Waals surface area contributed by atoms with Gasteiger partial charge in [-0.2, -0.15) is 0 Å². The molecule has 0 bridgehead atoms. The summed E-state index contributed by atoms with van der Waals surface area (Å²) < 4.78 is 31.6. The molecule has 140 valence electrons. The van der Waals surface area contributed by atoms with Gasteiger partial charge in [0.15, 0.2) is 0 Å². The summed E-state index contributed by atoms with van der Waals surface area (Å²) in [5.41, 5.74) is 1.62. The van der Waals surface area contributed by atoms with Crippen molar-refractivity contribution < 1.29 is 17.9 Å². The van der Waals surface area contributed by atoms with Crippen LogP contribution in [0.1, 0.15) is 15.9 Å². The number of amides is 1. The van der Waals surface area contributed by atoms with E-state index in [2.05, 4.69) is 10.0 Å². The van der Waals surface area contributed by atoms with Crippen molar-refractivity contribution in [1.29, 1.82) is 0 Å². The first-order chi connectivity index (χ1) is 12.2. The Morgan fingerprint density at radius 3 is 2.62 bits per heavy atom. The van der Waals surface area contributed by atoms with Gasteiger partial charge in [-0.1, -0.05) is 6.07 Å². The molecule has 0 saturated carbocycles. The van der Waals surface area contributed by atoms with E-state index in [0.717, 1.165) is 11.8 Å². The van der Waals surface area contributed by atoms with Crippen LogP contribution in [0.25, 0.3) is 0 Å². The van der Waals surface area contributed by atoms with Gasteiger partial charge in [0.2, 0.25) is 10.0 Å². The summed E-state index contributed by atoms with van der Waals surface area (Å²) in [5.74, 6) is -0.412. The summed E-state index contributed by atoms with van der Waals surface area (Å²) in [6, 6.07) is 7.65. The van der Waals surface area contributed by atoms with E-state index >= 15 is 0 Å². The molecule has 0 aliphatic carbocycles. The van der Waals surface area contributed by atoms with Crippen LogP contribution < -0.4 is 15.6 Å². The normalized spacial score (nSPS) is 11.2. The van der Waals surface area contributed by atoms with Gasteiger partial charge in [-0.25, -0.2) is 8.42 Å². The zero-order valence-corrected chi connectivity index (χ0v) is 15.6. The fourth-order valence-corrected chi connectivity index (χ4v) is 2.86. The second kappa shape index (κ2) is 8.15. The first kappa shape index (κ1) is 19.7. The molecule has 0 atom stereocenters. The van der Waals surface area contributed by atoms with Gasteiger partial charge in [-0.05, 0) is 30.7 Å². The van der Waals surface area contributed by atoms with Crippen LogP contribution in [0.15, 0.2) is 41.3 Å². The summed E-state index contributed by atoms with van der Waals surface area (Å²) in [6.07, 6.45) is 2.52. The SMILES string of the molecule is COCCn1cc(C(=O)Nc2ccc(C)c(NS(C)(=O)=O)c2)ccc1=O. The van der Waals surface area contributed by atoms with E-state index in [1.807, 2.05) is 0 Å². The summed E-state index contributed by atoms with van der Waals surface area (Å²) >= 11 is 0. The molecular formula is C17H21N3O5S. The highest BCUT2D eigenvalue weighted by Gasteiger charge is 2.11. The number of sulfonamides is 1. The molecule has 0 aliphatic rings. The number of hydrogen-bond acceptors (Lipinski definition) is 5. The molecule has 0 saturated heterocycles. The number of rotatable bonds is 7. The molecule has 0 fully saturated rings. The van der Waals surface area contributed by atoms with Gasteiger partial charge in [0, 0.05) is 31.6 Å². The second-order valence-electron chi connectivity index (χ2n) is 5.80. The number of pyridine rings is 1. The van der Waals surface area contributed by atoms with Crippen LogP contribution in [0.2, 0.25) is 0 Å². The molecule has 2 aromatic rings. The first-order valence-corrected chi connectivity index (χ1v) is 9.68. The number of nitrogens with zero attached hydrogens (tertiary/aromatic N) is 1. The monoisotopic (exact) mass is 379 g/mol. The third kappa shape index (κ3) is 5.43. The maximum atomic E-state index is 12.4. The molecule has 0 aliphatic heterocycles. The Bertz CT molecular complexity index is 967. The van der Waals surface area contributed by atoms with Crippen molar-refractivity contribution in [1.82, 2.24) is 4.57 Å². The molecule has 26 heavy (non-hydrogen) atoms. The van der Waals surface area contributed by atoms with E-state index in [4.69, 9.17) is 4.74 Å². The Morgan fingerprint density at radius 1 is 1.23 bits per heavy atom. The van der Waals surface area contributed by atoms with Gasteiger partial charge < -0.3 is 14.6 Å². The number of ether oxygens (including phenoxy) is 1. The predicted octanol–water partition coefficient (Wildman–Crippen LogP) is 1.43. The minimum Gasteiger partial charge on any atom is -0.383 e. The Morgan fingerprint density at radius 2 is 1.96 bits per heavy atom. The van der Waals surface area contributed by atoms with Crippen molar-refractivity contribution in [3.8, 4) is 0 Å². The summed E-state index contributed by atoms with van der Waals surface area (Å²) in [5, 5.41) is 2.69. The van der Waals surface area contributed by atoms with E-state index in [1.165, 1.54) is 36.1 Å². The molecule has 1 aromatic carbocycles. The van der Waals surface area contributed by atoms with Crippen LogP contribution in [0.4, 0.5) is 11.4 Å². The molecule has 0 spiro atoms. The highest BCUT2D eigenvalue weighted by Crippen LogP contribution is 2.21. The molecule has 2 N–H and O–H groups in total. The minimum absolute atomic E-state index is 0.228. The van der Waals surface area contributed by atoms with Gasteiger partial charge >= 0.3 is 0 Å². The first-order valence-electron chi connectivity index (χ1n) is 7.79. The standard InChI is InChI=1S/C17H21N3O5S/c1-12-4-6-14(10-15(12)19-26(3,23)24)18-17(22)13-5-7-16(21)20(11-13)8-9-25-2/h4-7,10-11,19H,8-9H2,1-3H3,(H,18,22). The van der Waals surface area contributed by atoms with E-state index in [-0.39, 0.29) is 5.56 Å². The average Bonchev–Trinajstić information content (AvgIpc) is 2.55. The molecule has 2 rings (SSSR count). The predicted molar refractivity (Wildman–Crippen MR) is 100 cm³/mol. The van der Waals surface area contributed by atoms with E-state index in [9.17, 15) is 18.0 Å². The van der Waals surface area contributed by atoms with E-state index < -0.39 is 15.9 Å². The maximum Gasteiger partial charge on any atom is 0.257 e. The molecular weight excluding hydrogens is 358 g/mol. The number of aromatic nitrogens is 1. The number of nitrogens with one attached hydrogen (secondary N) is 2. The van der Waals surface area contributed by atoms with Crippen LogP contribution >= 0.6 is 0 Å². The smallest absolute Gasteiger partial charge is 0.257 e. The van der Waals surface area contributed by atoms with Crippen molar-refractivity contribution >= 4 is 27.3 Å². The van der Waals surface area contributed by atoms with Crippen molar-refractivity contribution in [2.24, 2.45) is 0 Å². The van der Waals surface area contributed by atoms with Gasteiger partial charge in [-0.3, -0.25) is 14.3 Å². The average molecular weight is 379 g/mol. The number of carbonyl (C=O) groups excluding carboxylic acids is 1. The quantitative estimate of drug-likeness (QED) is 0.757. The van der Waals surface area contributed by atoms with E-state index in [0.29, 0.717) is 30.1 Å².